The van der Waals surface area contributed by atoms with E-state index in [0.717, 1.165) is 5.69 Å². The Labute approximate surface area is 89.2 Å². The van der Waals surface area contributed by atoms with E-state index in [2.05, 4.69) is 15.3 Å². The monoisotopic (exact) mass is 211 g/mol. The van der Waals surface area contributed by atoms with Crippen LogP contribution in [0.1, 0.15) is 25.6 Å². The van der Waals surface area contributed by atoms with E-state index in [9.17, 15) is 0 Å². The van der Waals surface area contributed by atoms with Crippen LogP contribution >= 0.6 is 0 Å². The first-order valence-electron chi connectivity index (χ1n) is 4.86. The molecule has 84 valence electrons. The topological polar surface area (TPSA) is 78.3 Å². The Morgan fingerprint density at radius 2 is 2.07 bits per heavy atom. The number of aromatic nitrogens is 2. The highest BCUT2D eigenvalue weighted by atomic mass is 16.3. The minimum atomic E-state index is -0.697. The van der Waals surface area contributed by atoms with Crippen molar-refractivity contribution in [2.45, 2.75) is 25.4 Å². The third kappa shape index (κ3) is 3.23. The summed E-state index contributed by atoms with van der Waals surface area (Å²) in [6, 6.07) is -0.0667. The normalized spacial score (nSPS) is 13.9. The van der Waals surface area contributed by atoms with E-state index in [1.165, 1.54) is 0 Å². The summed E-state index contributed by atoms with van der Waals surface area (Å²) in [4.78, 5) is 8.10. The van der Waals surface area contributed by atoms with Gasteiger partial charge in [0.2, 0.25) is 0 Å². The van der Waals surface area contributed by atoms with Gasteiger partial charge < -0.3 is 10.2 Å². The molecule has 0 aliphatic carbocycles. The van der Waals surface area contributed by atoms with Gasteiger partial charge in [0.15, 0.2) is 0 Å². The van der Waals surface area contributed by atoms with Crippen molar-refractivity contribution < 1.29 is 10.2 Å². The molecule has 0 radical (unpaired) electrons. The van der Waals surface area contributed by atoms with Gasteiger partial charge in [-0.05, 0) is 13.8 Å². The van der Waals surface area contributed by atoms with Gasteiger partial charge in [0, 0.05) is 24.6 Å². The van der Waals surface area contributed by atoms with E-state index in [0.29, 0.717) is 0 Å². The Morgan fingerprint density at radius 1 is 1.40 bits per heavy atom. The summed E-state index contributed by atoms with van der Waals surface area (Å²) in [5.74, 6) is 0. The second-order valence-electron chi connectivity index (χ2n) is 3.87. The zero-order valence-corrected chi connectivity index (χ0v) is 9.01. The molecule has 1 aromatic heterocycles. The molecule has 0 aliphatic heterocycles. The lowest BCUT2D eigenvalue weighted by Gasteiger charge is -2.29. The van der Waals surface area contributed by atoms with E-state index in [-0.39, 0.29) is 19.3 Å². The van der Waals surface area contributed by atoms with Crippen LogP contribution in [0.25, 0.3) is 0 Å². The minimum Gasteiger partial charge on any atom is -0.394 e. The first-order chi connectivity index (χ1) is 7.11. The number of hydrogen-bond acceptors (Lipinski definition) is 5. The van der Waals surface area contributed by atoms with Crippen LogP contribution in [0, 0.1) is 0 Å². The van der Waals surface area contributed by atoms with Crippen molar-refractivity contribution in [2.24, 2.45) is 0 Å². The summed E-state index contributed by atoms with van der Waals surface area (Å²) < 4.78 is 0. The molecule has 0 aliphatic rings. The number of nitrogens with one attached hydrogen (secondary N) is 1. The molecule has 5 heteroatoms. The molecule has 1 aromatic rings. The summed E-state index contributed by atoms with van der Waals surface area (Å²) in [5.41, 5.74) is 0.0855. The zero-order valence-electron chi connectivity index (χ0n) is 9.01. The molecule has 3 N–H and O–H groups in total. The number of nitrogens with zero attached hydrogens (tertiary/aromatic N) is 2. The molecule has 0 spiro atoms. The lowest BCUT2D eigenvalue weighted by atomic mass is 10.0. The maximum absolute atomic E-state index is 9.12. The molecular formula is C10H17N3O2. The summed E-state index contributed by atoms with van der Waals surface area (Å²) in [6.07, 6.45) is 4.88. The minimum absolute atomic E-state index is 0.0667. The van der Waals surface area contributed by atoms with Gasteiger partial charge in [-0.25, -0.2) is 0 Å². The first kappa shape index (κ1) is 12.0. The predicted octanol–water partition coefficient (Wildman–Crippen LogP) is -0.130. The molecule has 15 heavy (non-hydrogen) atoms. The summed E-state index contributed by atoms with van der Waals surface area (Å²) in [6.45, 7) is 3.40. The molecule has 1 heterocycles. The van der Waals surface area contributed by atoms with Crippen LogP contribution < -0.4 is 5.32 Å². The molecule has 0 bridgehead atoms. The molecular weight excluding hydrogens is 194 g/mol. The first-order valence-corrected chi connectivity index (χ1v) is 4.86. The SMILES string of the molecule is CC(NC(C)(CO)CO)c1cnccn1. The van der Waals surface area contributed by atoms with E-state index in [4.69, 9.17) is 10.2 Å². The highest BCUT2D eigenvalue weighted by molar-refractivity contribution is 5.02. The van der Waals surface area contributed by atoms with Crippen LogP contribution in [0.4, 0.5) is 0 Å². The van der Waals surface area contributed by atoms with Crippen molar-refractivity contribution in [3.8, 4) is 0 Å². The summed E-state index contributed by atoms with van der Waals surface area (Å²) in [7, 11) is 0. The van der Waals surface area contributed by atoms with Crippen LogP contribution in [-0.4, -0.2) is 38.9 Å². The number of hydrogen-bond donors (Lipinski definition) is 3. The van der Waals surface area contributed by atoms with E-state index in [1.807, 2.05) is 6.92 Å². The standard InChI is InChI=1S/C10H17N3O2/c1-8(9-5-11-3-4-12-9)13-10(2,6-14)7-15/h3-5,8,13-15H,6-7H2,1-2H3. The van der Waals surface area contributed by atoms with Gasteiger partial charge in [-0.2, -0.15) is 0 Å². The van der Waals surface area contributed by atoms with Crippen molar-refractivity contribution in [3.63, 3.8) is 0 Å². The van der Waals surface area contributed by atoms with Crippen molar-refractivity contribution in [2.75, 3.05) is 13.2 Å². The van der Waals surface area contributed by atoms with Gasteiger partial charge in [-0.15, -0.1) is 0 Å². The van der Waals surface area contributed by atoms with Crippen molar-refractivity contribution >= 4 is 0 Å². The lowest BCUT2D eigenvalue weighted by molar-refractivity contribution is 0.0953. The second-order valence-corrected chi connectivity index (χ2v) is 3.87. The predicted molar refractivity (Wildman–Crippen MR) is 56.2 cm³/mol. The number of aliphatic hydroxyl groups is 2. The third-order valence-electron chi connectivity index (χ3n) is 2.29. The van der Waals surface area contributed by atoms with Gasteiger partial charge in [0.05, 0.1) is 24.4 Å². The fraction of sp³-hybridized carbons (Fsp3) is 0.600. The van der Waals surface area contributed by atoms with Crippen molar-refractivity contribution in [3.05, 3.63) is 24.3 Å². The Bertz CT molecular complexity index is 288. The Balaban J connectivity index is 2.67. The maximum atomic E-state index is 9.12. The molecule has 0 saturated heterocycles. The third-order valence-corrected chi connectivity index (χ3v) is 2.29. The Kier molecular flexibility index (Phi) is 4.14. The van der Waals surface area contributed by atoms with Crippen LogP contribution in [0.2, 0.25) is 0 Å². The maximum Gasteiger partial charge on any atom is 0.0753 e. The Hall–Kier alpha value is -1.04. The summed E-state index contributed by atoms with van der Waals surface area (Å²) in [5, 5.41) is 21.4. The quantitative estimate of drug-likeness (QED) is 0.632. The van der Waals surface area contributed by atoms with Gasteiger partial charge in [-0.3, -0.25) is 15.3 Å². The van der Waals surface area contributed by atoms with E-state index < -0.39 is 5.54 Å². The van der Waals surface area contributed by atoms with Crippen LogP contribution in [0.5, 0.6) is 0 Å². The molecule has 1 rings (SSSR count). The van der Waals surface area contributed by atoms with Gasteiger partial charge in [-0.1, -0.05) is 0 Å². The van der Waals surface area contributed by atoms with Crippen LogP contribution in [0.3, 0.4) is 0 Å². The summed E-state index contributed by atoms with van der Waals surface area (Å²) >= 11 is 0. The van der Waals surface area contributed by atoms with E-state index in [1.54, 1.807) is 25.5 Å². The largest absolute Gasteiger partial charge is 0.394 e. The fourth-order valence-electron chi connectivity index (χ4n) is 1.27. The highest BCUT2D eigenvalue weighted by Gasteiger charge is 2.24. The smallest absolute Gasteiger partial charge is 0.0753 e. The van der Waals surface area contributed by atoms with Gasteiger partial charge in [0.1, 0.15) is 0 Å². The van der Waals surface area contributed by atoms with Gasteiger partial charge in [0.25, 0.3) is 0 Å². The lowest BCUT2D eigenvalue weighted by Crippen LogP contribution is -2.50. The molecule has 1 atom stereocenters. The van der Waals surface area contributed by atoms with E-state index >= 15 is 0 Å². The molecule has 1 unspecified atom stereocenters. The Morgan fingerprint density at radius 3 is 2.53 bits per heavy atom. The highest BCUT2D eigenvalue weighted by Crippen LogP contribution is 2.12. The fourth-order valence-corrected chi connectivity index (χ4v) is 1.27. The number of aliphatic hydroxyl groups excluding tert-OH is 2. The average Bonchev–Trinajstić information content (AvgIpc) is 2.30. The number of rotatable bonds is 5. The van der Waals surface area contributed by atoms with Crippen molar-refractivity contribution in [1.29, 1.82) is 0 Å². The van der Waals surface area contributed by atoms with Crippen molar-refractivity contribution in [1.82, 2.24) is 15.3 Å². The van der Waals surface area contributed by atoms with Gasteiger partial charge >= 0.3 is 0 Å². The zero-order chi connectivity index (χ0) is 11.3. The molecule has 0 saturated carbocycles. The second kappa shape index (κ2) is 5.16. The van der Waals surface area contributed by atoms with Crippen LogP contribution in [-0.2, 0) is 0 Å². The molecule has 5 nitrogen and oxygen atoms in total. The van der Waals surface area contributed by atoms with Crippen LogP contribution in [0.15, 0.2) is 18.6 Å². The molecule has 0 fully saturated rings. The molecule has 0 amide bonds. The average molecular weight is 211 g/mol. The molecule has 0 aromatic carbocycles.